The Bertz CT molecular complexity index is 446. The van der Waals surface area contributed by atoms with Gasteiger partial charge >= 0.3 is 0 Å². The molecule has 0 spiro atoms. The lowest BCUT2D eigenvalue weighted by Gasteiger charge is -2.14. The van der Waals surface area contributed by atoms with Gasteiger partial charge in [0.2, 0.25) is 11.8 Å². The molecule has 1 aromatic rings. The topological polar surface area (TPSA) is 67.4 Å². The molecule has 1 atom stereocenters. The second-order valence-electron chi connectivity index (χ2n) is 4.17. The van der Waals surface area contributed by atoms with Gasteiger partial charge in [0, 0.05) is 12.1 Å². The monoisotopic (exact) mass is 264 g/mol. The Balaban J connectivity index is 2.58. The van der Waals surface area contributed by atoms with Gasteiger partial charge < -0.3 is 15.4 Å². The number of amides is 2. The first-order chi connectivity index (χ1) is 9.08. The van der Waals surface area contributed by atoms with Crippen LogP contribution in [0.2, 0.25) is 0 Å². The van der Waals surface area contributed by atoms with Gasteiger partial charge in [-0.05, 0) is 19.9 Å². The number of para-hydroxylation sites is 1. The van der Waals surface area contributed by atoms with Gasteiger partial charge in [-0.25, -0.2) is 0 Å². The number of hydrogen-bond acceptors (Lipinski definition) is 3. The van der Waals surface area contributed by atoms with E-state index in [2.05, 4.69) is 10.6 Å². The maximum absolute atomic E-state index is 11.9. The van der Waals surface area contributed by atoms with Gasteiger partial charge in [-0.3, -0.25) is 9.59 Å². The van der Waals surface area contributed by atoms with Crippen molar-refractivity contribution in [1.82, 2.24) is 10.6 Å². The van der Waals surface area contributed by atoms with Crippen LogP contribution in [0, 0.1) is 0 Å². The van der Waals surface area contributed by atoms with Crippen molar-refractivity contribution in [2.24, 2.45) is 0 Å². The lowest BCUT2D eigenvalue weighted by atomic mass is 10.1. The Labute approximate surface area is 113 Å². The molecule has 0 saturated heterocycles. The molecular weight excluding hydrogens is 244 g/mol. The lowest BCUT2D eigenvalue weighted by Crippen LogP contribution is -2.45. The average Bonchev–Trinajstić information content (AvgIpc) is 2.39. The van der Waals surface area contributed by atoms with Crippen LogP contribution in [0.25, 0.3) is 0 Å². The van der Waals surface area contributed by atoms with Crippen molar-refractivity contribution in [3.63, 3.8) is 0 Å². The first kappa shape index (κ1) is 15.0. The number of hydrogen-bond donors (Lipinski definition) is 2. The van der Waals surface area contributed by atoms with Gasteiger partial charge in [0.05, 0.1) is 13.5 Å². The van der Waals surface area contributed by atoms with E-state index in [1.54, 1.807) is 20.1 Å². The first-order valence-electron chi connectivity index (χ1n) is 6.27. The molecule has 0 bridgehead atoms. The number of carbonyl (C=O) groups excluding carboxylic acids is 2. The van der Waals surface area contributed by atoms with E-state index in [0.29, 0.717) is 12.3 Å². The Morgan fingerprint density at radius 1 is 1.32 bits per heavy atom. The molecule has 5 nitrogen and oxygen atoms in total. The van der Waals surface area contributed by atoms with E-state index >= 15 is 0 Å². The lowest BCUT2D eigenvalue weighted by molar-refractivity contribution is -0.128. The fourth-order valence-electron chi connectivity index (χ4n) is 1.71. The maximum atomic E-state index is 11.9. The third kappa shape index (κ3) is 4.62. The summed E-state index contributed by atoms with van der Waals surface area (Å²) in [6.07, 6.45) is 0.188. The molecular formula is C14H20N2O3. The van der Waals surface area contributed by atoms with Crippen molar-refractivity contribution < 1.29 is 14.3 Å². The highest BCUT2D eigenvalue weighted by Crippen LogP contribution is 2.17. The molecule has 0 aliphatic rings. The number of ether oxygens (including phenoxy) is 1. The van der Waals surface area contributed by atoms with Gasteiger partial charge in [0.1, 0.15) is 11.8 Å². The molecule has 1 aromatic carbocycles. The standard InChI is InChI=1S/C14H20N2O3/c1-4-15-14(18)10(2)16-13(17)9-11-7-5-6-8-12(11)19-3/h5-8,10H,4,9H2,1-3H3,(H,15,18)(H,16,17)/t10-/m1/s1. The molecule has 0 heterocycles. The number of methoxy groups -OCH3 is 1. The number of carbonyl (C=O) groups is 2. The molecule has 0 aliphatic heterocycles. The van der Waals surface area contributed by atoms with Crippen LogP contribution in [-0.2, 0) is 16.0 Å². The molecule has 0 fully saturated rings. The summed E-state index contributed by atoms with van der Waals surface area (Å²) in [6, 6.07) is 6.78. The van der Waals surface area contributed by atoms with E-state index in [-0.39, 0.29) is 18.2 Å². The van der Waals surface area contributed by atoms with Crippen LogP contribution < -0.4 is 15.4 Å². The molecule has 0 aliphatic carbocycles. The molecule has 19 heavy (non-hydrogen) atoms. The maximum Gasteiger partial charge on any atom is 0.242 e. The van der Waals surface area contributed by atoms with Crippen molar-refractivity contribution in [3.05, 3.63) is 29.8 Å². The summed E-state index contributed by atoms with van der Waals surface area (Å²) < 4.78 is 5.18. The van der Waals surface area contributed by atoms with Gasteiger partial charge in [-0.15, -0.1) is 0 Å². The Hall–Kier alpha value is -2.04. The minimum Gasteiger partial charge on any atom is -0.496 e. The molecule has 1 rings (SSSR count). The number of rotatable bonds is 6. The van der Waals surface area contributed by atoms with Crippen molar-refractivity contribution in [1.29, 1.82) is 0 Å². The molecule has 5 heteroatoms. The largest absolute Gasteiger partial charge is 0.496 e. The second-order valence-corrected chi connectivity index (χ2v) is 4.17. The third-order valence-corrected chi connectivity index (χ3v) is 2.67. The van der Waals surface area contributed by atoms with Crippen LogP contribution in [0.1, 0.15) is 19.4 Å². The number of likely N-dealkylation sites (N-methyl/N-ethyl adjacent to an activating group) is 1. The van der Waals surface area contributed by atoms with Crippen LogP contribution in [0.3, 0.4) is 0 Å². The van der Waals surface area contributed by atoms with E-state index in [1.165, 1.54) is 0 Å². The third-order valence-electron chi connectivity index (χ3n) is 2.67. The average molecular weight is 264 g/mol. The predicted molar refractivity (Wildman–Crippen MR) is 73.0 cm³/mol. The minimum atomic E-state index is -0.540. The summed E-state index contributed by atoms with van der Waals surface area (Å²) in [5.41, 5.74) is 0.797. The van der Waals surface area contributed by atoms with E-state index in [9.17, 15) is 9.59 Å². The molecule has 2 amide bonds. The van der Waals surface area contributed by atoms with Crippen molar-refractivity contribution in [2.45, 2.75) is 26.3 Å². The van der Waals surface area contributed by atoms with Gasteiger partial charge in [0.15, 0.2) is 0 Å². The summed E-state index contributed by atoms with van der Waals surface area (Å²) >= 11 is 0. The fraction of sp³-hybridized carbons (Fsp3) is 0.429. The molecule has 104 valence electrons. The minimum absolute atomic E-state index is 0.184. The van der Waals surface area contributed by atoms with Gasteiger partial charge in [0.25, 0.3) is 0 Å². The Morgan fingerprint density at radius 3 is 2.63 bits per heavy atom. The predicted octanol–water partition coefficient (Wildman–Crippen LogP) is 0.878. The van der Waals surface area contributed by atoms with E-state index in [1.807, 2.05) is 25.1 Å². The highest BCUT2D eigenvalue weighted by molar-refractivity contribution is 5.88. The van der Waals surface area contributed by atoms with Crippen LogP contribution >= 0.6 is 0 Å². The van der Waals surface area contributed by atoms with Crippen molar-refractivity contribution in [3.8, 4) is 5.75 Å². The highest BCUT2D eigenvalue weighted by atomic mass is 16.5. The molecule has 0 saturated carbocycles. The van der Waals surface area contributed by atoms with Crippen LogP contribution in [-0.4, -0.2) is 31.5 Å². The molecule has 0 radical (unpaired) electrons. The number of benzene rings is 1. The van der Waals surface area contributed by atoms with Crippen molar-refractivity contribution >= 4 is 11.8 Å². The molecule has 0 unspecified atom stereocenters. The van der Waals surface area contributed by atoms with Gasteiger partial charge in [-0.2, -0.15) is 0 Å². The summed E-state index contributed by atoms with van der Waals surface area (Å²) in [7, 11) is 1.56. The second kappa shape index (κ2) is 7.41. The Kier molecular flexibility index (Phi) is 5.85. The van der Waals surface area contributed by atoms with Crippen LogP contribution in [0.4, 0.5) is 0 Å². The van der Waals surface area contributed by atoms with E-state index in [4.69, 9.17) is 4.74 Å². The fourth-order valence-corrected chi connectivity index (χ4v) is 1.71. The molecule has 0 aromatic heterocycles. The highest BCUT2D eigenvalue weighted by Gasteiger charge is 2.15. The summed E-state index contributed by atoms with van der Waals surface area (Å²) in [5.74, 6) is 0.280. The van der Waals surface area contributed by atoms with E-state index < -0.39 is 6.04 Å². The number of nitrogens with one attached hydrogen (secondary N) is 2. The normalized spacial score (nSPS) is 11.5. The zero-order chi connectivity index (χ0) is 14.3. The summed E-state index contributed by atoms with van der Waals surface area (Å²) in [5, 5.41) is 5.32. The first-order valence-corrected chi connectivity index (χ1v) is 6.27. The van der Waals surface area contributed by atoms with Crippen LogP contribution in [0.15, 0.2) is 24.3 Å². The Morgan fingerprint density at radius 2 is 2.00 bits per heavy atom. The zero-order valence-electron chi connectivity index (χ0n) is 11.5. The SMILES string of the molecule is CCNC(=O)[C@@H](C)NC(=O)Cc1ccccc1OC. The zero-order valence-corrected chi connectivity index (χ0v) is 11.5. The smallest absolute Gasteiger partial charge is 0.242 e. The van der Waals surface area contributed by atoms with E-state index in [0.717, 1.165) is 5.56 Å². The van der Waals surface area contributed by atoms with Crippen molar-refractivity contribution in [2.75, 3.05) is 13.7 Å². The summed E-state index contributed by atoms with van der Waals surface area (Å²) in [6.45, 7) is 4.04. The molecule has 2 N–H and O–H groups in total. The van der Waals surface area contributed by atoms with Crippen LogP contribution in [0.5, 0.6) is 5.75 Å². The van der Waals surface area contributed by atoms with Gasteiger partial charge in [-0.1, -0.05) is 18.2 Å². The summed E-state index contributed by atoms with van der Waals surface area (Å²) in [4.78, 5) is 23.4. The quantitative estimate of drug-likeness (QED) is 0.801.